The van der Waals surface area contributed by atoms with Gasteiger partial charge in [-0.25, -0.2) is 4.39 Å². The zero-order chi connectivity index (χ0) is 15.6. The molecular formula is C16H22BrFN2O. The Bertz CT molecular complexity index is 519. The molecule has 0 bridgehead atoms. The Kier molecular flexibility index (Phi) is 5.04. The quantitative estimate of drug-likeness (QED) is 0.811. The Labute approximate surface area is 134 Å². The molecule has 0 aromatic heterocycles. The molecule has 1 aliphatic rings. The van der Waals surface area contributed by atoms with Crippen LogP contribution in [0, 0.1) is 11.2 Å². The SMILES string of the molecule is CC(C)(C)C(=O)N1CCN(Cc2ccc(Br)cc2F)CC1. The first kappa shape index (κ1) is 16.4. The van der Waals surface area contributed by atoms with Crippen molar-refractivity contribution in [3.63, 3.8) is 0 Å². The molecule has 21 heavy (non-hydrogen) atoms. The van der Waals surface area contributed by atoms with Crippen molar-refractivity contribution in [1.29, 1.82) is 0 Å². The van der Waals surface area contributed by atoms with Gasteiger partial charge < -0.3 is 4.90 Å². The van der Waals surface area contributed by atoms with E-state index in [4.69, 9.17) is 0 Å². The van der Waals surface area contributed by atoms with Crippen LogP contribution in [0.25, 0.3) is 0 Å². The van der Waals surface area contributed by atoms with Crippen molar-refractivity contribution in [2.24, 2.45) is 5.41 Å². The van der Waals surface area contributed by atoms with Crippen molar-refractivity contribution in [1.82, 2.24) is 9.80 Å². The molecule has 5 heteroatoms. The summed E-state index contributed by atoms with van der Waals surface area (Å²) in [5.74, 6) is 0.00884. The minimum absolute atomic E-state index is 0.183. The topological polar surface area (TPSA) is 23.6 Å². The van der Waals surface area contributed by atoms with Crippen molar-refractivity contribution in [3.05, 3.63) is 34.1 Å². The highest BCUT2D eigenvalue weighted by molar-refractivity contribution is 9.10. The van der Waals surface area contributed by atoms with Gasteiger partial charge in [-0.15, -0.1) is 0 Å². The third-order valence-corrected chi connectivity index (χ3v) is 4.20. The van der Waals surface area contributed by atoms with Gasteiger partial charge in [0, 0.05) is 48.2 Å². The van der Waals surface area contributed by atoms with E-state index in [1.807, 2.05) is 37.8 Å². The summed E-state index contributed by atoms with van der Waals surface area (Å²) in [6.07, 6.45) is 0. The van der Waals surface area contributed by atoms with Crippen LogP contribution in [0.5, 0.6) is 0 Å². The maximum absolute atomic E-state index is 13.8. The largest absolute Gasteiger partial charge is 0.340 e. The van der Waals surface area contributed by atoms with Crippen molar-refractivity contribution in [2.45, 2.75) is 27.3 Å². The van der Waals surface area contributed by atoms with Crippen LogP contribution in [-0.2, 0) is 11.3 Å². The van der Waals surface area contributed by atoms with Crippen molar-refractivity contribution in [2.75, 3.05) is 26.2 Å². The predicted molar refractivity (Wildman–Crippen MR) is 85.4 cm³/mol. The van der Waals surface area contributed by atoms with Gasteiger partial charge in [0.2, 0.25) is 5.91 Å². The predicted octanol–water partition coefficient (Wildman–Crippen LogP) is 3.28. The molecule has 0 unspecified atom stereocenters. The number of piperazine rings is 1. The number of carbonyl (C=O) groups excluding carboxylic acids is 1. The highest BCUT2D eigenvalue weighted by Crippen LogP contribution is 2.20. The third kappa shape index (κ3) is 4.27. The van der Waals surface area contributed by atoms with Gasteiger partial charge in [-0.3, -0.25) is 9.69 Å². The van der Waals surface area contributed by atoms with Crippen molar-refractivity contribution >= 4 is 21.8 Å². The van der Waals surface area contributed by atoms with Crippen LogP contribution in [0.2, 0.25) is 0 Å². The van der Waals surface area contributed by atoms with Crippen LogP contribution in [0.15, 0.2) is 22.7 Å². The van der Waals surface area contributed by atoms with Gasteiger partial charge in [-0.1, -0.05) is 42.8 Å². The average molecular weight is 357 g/mol. The van der Waals surface area contributed by atoms with Gasteiger partial charge in [-0.2, -0.15) is 0 Å². The van der Waals surface area contributed by atoms with Crippen LogP contribution in [-0.4, -0.2) is 41.9 Å². The minimum Gasteiger partial charge on any atom is -0.340 e. The lowest BCUT2D eigenvalue weighted by atomic mass is 9.94. The van der Waals surface area contributed by atoms with Crippen LogP contribution < -0.4 is 0 Å². The number of rotatable bonds is 2. The molecule has 1 aromatic carbocycles. The van der Waals surface area contributed by atoms with E-state index in [0.717, 1.165) is 17.6 Å². The molecule has 1 aromatic rings. The van der Waals surface area contributed by atoms with Gasteiger partial charge in [0.1, 0.15) is 5.82 Å². The number of benzene rings is 1. The molecule has 0 spiro atoms. The molecule has 0 radical (unpaired) electrons. The van der Waals surface area contributed by atoms with Crippen molar-refractivity contribution < 1.29 is 9.18 Å². The summed E-state index contributed by atoms with van der Waals surface area (Å²) in [7, 11) is 0. The molecule has 116 valence electrons. The summed E-state index contributed by atoms with van der Waals surface area (Å²) < 4.78 is 14.6. The zero-order valence-electron chi connectivity index (χ0n) is 12.8. The fraction of sp³-hybridized carbons (Fsp3) is 0.562. The summed E-state index contributed by atoms with van der Waals surface area (Å²) in [5, 5.41) is 0. The highest BCUT2D eigenvalue weighted by Gasteiger charge is 2.29. The first-order chi connectivity index (χ1) is 9.77. The van der Waals surface area contributed by atoms with Gasteiger partial charge in [0.05, 0.1) is 0 Å². The van der Waals surface area contributed by atoms with E-state index in [1.165, 1.54) is 6.07 Å². The second kappa shape index (κ2) is 6.44. The van der Waals surface area contributed by atoms with E-state index < -0.39 is 0 Å². The number of hydrogen-bond acceptors (Lipinski definition) is 2. The standard InChI is InChI=1S/C16H22BrFN2O/c1-16(2,3)15(21)20-8-6-19(7-9-20)11-12-4-5-13(17)10-14(12)18/h4-5,10H,6-9,11H2,1-3H3. The lowest BCUT2D eigenvalue weighted by molar-refractivity contribution is -0.141. The van der Waals surface area contributed by atoms with Crippen LogP contribution in [0.4, 0.5) is 4.39 Å². The summed E-state index contributed by atoms with van der Waals surface area (Å²) in [6, 6.07) is 5.17. The summed E-state index contributed by atoms with van der Waals surface area (Å²) in [4.78, 5) is 16.3. The zero-order valence-corrected chi connectivity index (χ0v) is 14.4. The van der Waals surface area contributed by atoms with Crippen molar-refractivity contribution in [3.8, 4) is 0 Å². The van der Waals surface area contributed by atoms with E-state index in [0.29, 0.717) is 25.2 Å². The van der Waals surface area contributed by atoms with Gasteiger partial charge in [-0.05, 0) is 12.1 Å². The highest BCUT2D eigenvalue weighted by atomic mass is 79.9. The van der Waals surface area contributed by atoms with E-state index in [2.05, 4.69) is 20.8 Å². The molecular weight excluding hydrogens is 335 g/mol. The Balaban J connectivity index is 1.91. The van der Waals surface area contributed by atoms with Gasteiger partial charge in [0.25, 0.3) is 0 Å². The van der Waals surface area contributed by atoms with Gasteiger partial charge in [0.15, 0.2) is 0 Å². The van der Waals surface area contributed by atoms with E-state index in [-0.39, 0.29) is 17.1 Å². The minimum atomic E-state index is -0.333. The molecule has 3 nitrogen and oxygen atoms in total. The second-order valence-electron chi connectivity index (χ2n) is 6.55. The maximum Gasteiger partial charge on any atom is 0.228 e. The maximum atomic E-state index is 13.8. The number of halogens is 2. The van der Waals surface area contributed by atoms with E-state index in [1.54, 1.807) is 0 Å². The summed E-state index contributed by atoms with van der Waals surface area (Å²) in [5.41, 5.74) is 0.369. The average Bonchev–Trinajstić information content (AvgIpc) is 2.41. The Hall–Kier alpha value is -0.940. The molecule has 0 atom stereocenters. The van der Waals surface area contributed by atoms with Gasteiger partial charge >= 0.3 is 0 Å². The molecule has 1 aliphatic heterocycles. The van der Waals surface area contributed by atoms with Crippen LogP contribution >= 0.6 is 15.9 Å². The molecule has 2 rings (SSSR count). The normalized spacial score (nSPS) is 17.1. The molecule has 1 amide bonds. The number of nitrogens with zero attached hydrogens (tertiary/aromatic N) is 2. The summed E-state index contributed by atoms with van der Waals surface area (Å²) in [6.45, 7) is 9.44. The number of hydrogen-bond donors (Lipinski definition) is 0. The van der Waals surface area contributed by atoms with Crippen LogP contribution in [0.3, 0.4) is 0 Å². The smallest absolute Gasteiger partial charge is 0.228 e. The summed E-state index contributed by atoms with van der Waals surface area (Å²) >= 11 is 3.27. The first-order valence-electron chi connectivity index (χ1n) is 7.23. The fourth-order valence-corrected chi connectivity index (χ4v) is 2.81. The molecule has 1 fully saturated rings. The molecule has 1 saturated heterocycles. The molecule has 0 N–H and O–H groups in total. The van der Waals surface area contributed by atoms with E-state index >= 15 is 0 Å². The second-order valence-corrected chi connectivity index (χ2v) is 7.47. The Morgan fingerprint density at radius 2 is 1.86 bits per heavy atom. The first-order valence-corrected chi connectivity index (χ1v) is 8.02. The fourth-order valence-electron chi connectivity index (χ4n) is 2.47. The molecule has 1 heterocycles. The molecule has 0 saturated carbocycles. The lowest BCUT2D eigenvalue weighted by Gasteiger charge is -2.37. The van der Waals surface area contributed by atoms with Crippen LogP contribution in [0.1, 0.15) is 26.3 Å². The Morgan fingerprint density at radius 3 is 2.38 bits per heavy atom. The molecule has 0 aliphatic carbocycles. The number of carbonyl (C=O) groups is 1. The third-order valence-electron chi connectivity index (χ3n) is 3.71. The monoisotopic (exact) mass is 356 g/mol. The van der Waals surface area contributed by atoms with E-state index in [9.17, 15) is 9.18 Å². The lowest BCUT2D eigenvalue weighted by Crippen LogP contribution is -2.51. The number of amides is 1. The Morgan fingerprint density at radius 1 is 1.24 bits per heavy atom.